The van der Waals surface area contributed by atoms with Crippen molar-refractivity contribution in [1.29, 1.82) is 0 Å². The zero-order valence-corrected chi connectivity index (χ0v) is 16.3. The lowest BCUT2D eigenvalue weighted by molar-refractivity contribution is 0.0560. The van der Waals surface area contributed by atoms with Crippen molar-refractivity contribution in [2.24, 2.45) is 5.10 Å². The van der Waals surface area contributed by atoms with Crippen LogP contribution in [0.3, 0.4) is 0 Å². The van der Waals surface area contributed by atoms with Gasteiger partial charge in [0.25, 0.3) is 5.91 Å². The third-order valence-electron chi connectivity index (χ3n) is 3.91. The first-order valence-electron chi connectivity index (χ1n) is 8.82. The smallest absolute Gasteiger partial charge is 0.373 e. The number of pyridine rings is 1. The summed E-state index contributed by atoms with van der Waals surface area (Å²) in [5, 5.41) is 3.94. The fourth-order valence-electron chi connectivity index (χ4n) is 2.43. The van der Waals surface area contributed by atoms with Crippen LogP contribution in [0.5, 0.6) is 11.5 Å². The molecule has 2 aromatic heterocycles. The summed E-state index contributed by atoms with van der Waals surface area (Å²) in [5.74, 6) is 0.584. The average molecular weight is 409 g/mol. The van der Waals surface area contributed by atoms with Crippen LogP contribution in [0.2, 0.25) is 0 Å². The Morgan fingerprint density at radius 1 is 1.17 bits per heavy atom. The molecule has 3 aromatic rings. The minimum Gasteiger partial charge on any atom is -0.493 e. The number of carbonyl (C=O) groups is 2. The number of nitrogens with zero attached hydrogens (tertiary/aromatic N) is 2. The maximum atomic E-state index is 11.9. The zero-order chi connectivity index (χ0) is 21.3. The van der Waals surface area contributed by atoms with Gasteiger partial charge in [0, 0.05) is 12.4 Å². The topological polar surface area (TPSA) is 112 Å². The Kier molecular flexibility index (Phi) is 6.78. The first kappa shape index (κ1) is 20.6. The summed E-state index contributed by atoms with van der Waals surface area (Å²) in [5.41, 5.74) is 3.53. The van der Waals surface area contributed by atoms with Crippen LogP contribution in [0.1, 0.15) is 32.2 Å². The number of hydrogen-bond donors (Lipinski definition) is 1. The SMILES string of the molecule is COC(=O)c1ccc(COc2ccc(C=NNC(=O)c3cccnc3)cc2OC)o1. The summed E-state index contributed by atoms with van der Waals surface area (Å²) < 4.78 is 21.0. The van der Waals surface area contributed by atoms with Gasteiger partial charge in [-0.1, -0.05) is 0 Å². The second-order valence-electron chi connectivity index (χ2n) is 5.90. The maximum absolute atomic E-state index is 11.9. The van der Waals surface area contributed by atoms with Gasteiger partial charge in [0.2, 0.25) is 5.76 Å². The number of nitrogens with one attached hydrogen (secondary N) is 1. The van der Waals surface area contributed by atoms with Gasteiger partial charge in [0.15, 0.2) is 11.5 Å². The Bertz CT molecular complexity index is 1050. The van der Waals surface area contributed by atoms with E-state index < -0.39 is 5.97 Å². The number of esters is 1. The van der Waals surface area contributed by atoms with Crippen molar-refractivity contribution < 1.29 is 28.2 Å². The predicted octanol–water partition coefficient (Wildman–Crippen LogP) is 2.81. The van der Waals surface area contributed by atoms with Gasteiger partial charge in [-0.25, -0.2) is 10.2 Å². The van der Waals surface area contributed by atoms with Crippen molar-refractivity contribution in [3.63, 3.8) is 0 Å². The summed E-state index contributed by atoms with van der Waals surface area (Å²) in [6.07, 6.45) is 4.52. The molecule has 0 radical (unpaired) electrons. The van der Waals surface area contributed by atoms with E-state index in [0.717, 1.165) is 0 Å². The van der Waals surface area contributed by atoms with E-state index >= 15 is 0 Å². The molecule has 1 aromatic carbocycles. The van der Waals surface area contributed by atoms with Crippen molar-refractivity contribution in [2.45, 2.75) is 6.61 Å². The zero-order valence-electron chi connectivity index (χ0n) is 16.3. The van der Waals surface area contributed by atoms with Crippen LogP contribution in [-0.4, -0.2) is 37.3 Å². The summed E-state index contributed by atoms with van der Waals surface area (Å²) in [6.45, 7) is 0.0992. The van der Waals surface area contributed by atoms with Crippen molar-refractivity contribution in [3.8, 4) is 11.5 Å². The number of methoxy groups -OCH3 is 2. The Morgan fingerprint density at radius 3 is 2.77 bits per heavy atom. The Balaban J connectivity index is 1.61. The monoisotopic (exact) mass is 409 g/mol. The molecule has 1 N–H and O–H groups in total. The number of furan rings is 1. The minimum atomic E-state index is -0.557. The Morgan fingerprint density at radius 2 is 2.03 bits per heavy atom. The minimum absolute atomic E-state index is 0.0992. The highest BCUT2D eigenvalue weighted by molar-refractivity contribution is 5.94. The molecular weight excluding hydrogens is 390 g/mol. The largest absolute Gasteiger partial charge is 0.493 e. The number of hydrogen-bond acceptors (Lipinski definition) is 8. The molecule has 0 bridgehead atoms. The summed E-state index contributed by atoms with van der Waals surface area (Å²) in [4.78, 5) is 27.3. The molecule has 0 fully saturated rings. The lowest BCUT2D eigenvalue weighted by atomic mass is 10.2. The number of ether oxygens (including phenoxy) is 3. The van der Waals surface area contributed by atoms with E-state index in [9.17, 15) is 9.59 Å². The summed E-state index contributed by atoms with van der Waals surface area (Å²) >= 11 is 0. The van der Waals surface area contributed by atoms with Crippen LogP contribution in [0.4, 0.5) is 0 Å². The Labute approximate surface area is 172 Å². The van der Waals surface area contributed by atoms with Gasteiger partial charge in [0.05, 0.1) is 26.0 Å². The highest BCUT2D eigenvalue weighted by Crippen LogP contribution is 2.28. The second-order valence-corrected chi connectivity index (χ2v) is 5.90. The van der Waals surface area contributed by atoms with Crippen molar-refractivity contribution >= 4 is 18.1 Å². The second kappa shape index (κ2) is 9.87. The normalized spacial score (nSPS) is 10.6. The summed E-state index contributed by atoms with van der Waals surface area (Å²) in [6, 6.07) is 11.6. The third kappa shape index (κ3) is 5.22. The van der Waals surface area contributed by atoms with Gasteiger partial charge in [-0.3, -0.25) is 9.78 Å². The number of rotatable bonds is 8. The van der Waals surface area contributed by atoms with Crippen molar-refractivity contribution in [1.82, 2.24) is 10.4 Å². The van der Waals surface area contributed by atoms with Gasteiger partial charge in [0.1, 0.15) is 12.4 Å². The van der Waals surface area contributed by atoms with Gasteiger partial charge in [-0.05, 0) is 48.0 Å². The molecular formula is C21H19N3O6. The van der Waals surface area contributed by atoms with E-state index in [1.54, 1.807) is 42.6 Å². The molecule has 0 saturated heterocycles. The lowest BCUT2D eigenvalue weighted by Gasteiger charge is -2.10. The lowest BCUT2D eigenvalue weighted by Crippen LogP contribution is -2.17. The van der Waals surface area contributed by atoms with Crippen molar-refractivity contribution in [2.75, 3.05) is 14.2 Å². The van der Waals surface area contributed by atoms with Gasteiger partial charge in [-0.2, -0.15) is 5.10 Å². The van der Waals surface area contributed by atoms with Crippen LogP contribution in [0.15, 0.2) is 64.4 Å². The highest BCUT2D eigenvalue weighted by Gasteiger charge is 2.12. The molecule has 154 valence electrons. The van der Waals surface area contributed by atoms with E-state index in [1.807, 2.05) is 0 Å². The number of amides is 1. The predicted molar refractivity (Wildman–Crippen MR) is 107 cm³/mol. The molecule has 0 spiro atoms. The van der Waals surface area contributed by atoms with Crippen LogP contribution in [-0.2, 0) is 11.3 Å². The van der Waals surface area contributed by atoms with Crippen LogP contribution in [0.25, 0.3) is 0 Å². The molecule has 0 aliphatic carbocycles. The summed E-state index contributed by atoms with van der Waals surface area (Å²) in [7, 11) is 2.79. The molecule has 3 rings (SSSR count). The van der Waals surface area contributed by atoms with E-state index in [4.69, 9.17) is 13.9 Å². The molecule has 0 unspecified atom stereocenters. The quantitative estimate of drug-likeness (QED) is 0.346. The number of carbonyl (C=O) groups excluding carboxylic acids is 2. The first-order valence-corrected chi connectivity index (χ1v) is 8.82. The maximum Gasteiger partial charge on any atom is 0.373 e. The average Bonchev–Trinajstić information content (AvgIpc) is 3.27. The highest BCUT2D eigenvalue weighted by atomic mass is 16.5. The van der Waals surface area contributed by atoms with Gasteiger partial charge < -0.3 is 18.6 Å². The van der Waals surface area contributed by atoms with E-state index in [-0.39, 0.29) is 18.3 Å². The first-order chi connectivity index (χ1) is 14.6. The fraction of sp³-hybridized carbons (Fsp3) is 0.143. The van der Waals surface area contributed by atoms with E-state index in [2.05, 4.69) is 20.2 Å². The van der Waals surface area contributed by atoms with Crippen LogP contribution >= 0.6 is 0 Å². The number of benzene rings is 1. The molecule has 9 nitrogen and oxygen atoms in total. The molecule has 30 heavy (non-hydrogen) atoms. The number of aromatic nitrogens is 1. The van der Waals surface area contributed by atoms with Crippen LogP contribution in [0, 0.1) is 0 Å². The molecule has 9 heteroatoms. The van der Waals surface area contributed by atoms with Gasteiger partial charge in [-0.15, -0.1) is 0 Å². The van der Waals surface area contributed by atoms with E-state index in [1.165, 1.54) is 32.7 Å². The molecule has 0 atom stereocenters. The standard InChI is InChI=1S/C21H19N3O6/c1-27-19-10-14(11-23-24-20(25)15-4-3-9-22-12-15)5-7-17(19)29-13-16-6-8-18(30-16)21(26)28-2/h3-12H,13H2,1-2H3,(H,24,25). The number of hydrazone groups is 1. The van der Waals surface area contributed by atoms with Gasteiger partial charge >= 0.3 is 5.97 Å². The molecule has 1 amide bonds. The molecule has 0 saturated carbocycles. The molecule has 0 aliphatic rings. The van der Waals surface area contributed by atoms with Crippen molar-refractivity contribution in [3.05, 3.63) is 77.5 Å². The third-order valence-corrected chi connectivity index (χ3v) is 3.91. The molecule has 2 heterocycles. The Hall–Kier alpha value is -4.14. The van der Waals surface area contributed by atoms with E-state index in [0.29, 0.717) is 28.4 Å². The molecule has 0 aliphatic heterocycles. The van der Waals surface area contributed by atoms with Crippen LogP contribution < -0.4 is 14.9 Å². The fourth-order valence-corrected chi connectivity index (χ4v) is 2.43.